The Labute approximate surface area is 195 Å². The molecule has 3 aromatic carbocycles. The zero-order valence-electron chi connectivity index (χ0n) is 18.0. The zero-order valence-corrected chi connectivity index (χ0v) is 18.8. The van der Waals surface area contributed by atoms with Crippen molar-refractivity contribution in [2.24, 2.45) is 0 Å². The molecule has 1 unspecified atom stereocenters. The maximum Gasteiger partial charge on any atom is 0.277 e. The number of benzene rings is 3. The van der Waals surface area contributed by atoms with Gasteiger partial charge in [-0.15, -0.1) is 10.2 Å². The van der Waals surface area contributed by atoms with Crippen LogP contribution in [0.1, 0.15) is 18.5 Å². The van der Waals surface area contributed by atoms with Gasteiger partial charge in [-0.1, -0.05) is 84.6 Å². The third-order valence-corrected chi connectivity index (χ3v) is 6.27. The molecule has 1 amide bonds. The minimum atomic E-state index is -0.104. The number of carbonyl (C=O) groups is 1. The summed E-state index contributed by atoms with van der Waals surface area (Å²) in [5.74, 6) is 0.538. The topological polar surface area (TPSA) is 83.8 Å². The first-order valence-corrected chi connectivity index (χ1v) is 11.6. The molecule has 7 heteroatoms. The van der Waals surface area contributed by atoms with Crippen molar-refractivity contribution in [2.75, 3.05) is 5.75 Å². The highest BCUT2D eigenvalue weighted by Crippen LogP contribution is 2.29. The third-order valence-electron chi connectivity index (χ3n) is 5.45. The molecule has 0 saturated heterocycles. The summed E-state index contributed by atoms with van der Waals surface area (Å²) in [6.07, 6.45) is 1.85. The molecule has 0 aliphatic heterocycles. The van der Waals surface area contributed by atoms with Gasteiger partial charge in [0.1, 0.15) is 0 Å². The van der Waals surface area contributed by atoms with E-state index in [-0.39, 0.29) is 17.7 Å². The average Bonchev–Trinajstić information content (AvgIpc) is 3.50. The van der Waals surface area contributed by atoms with Crippen molar-refractivity contribution in [3.63, 3.8) is 0 Å². The Morgan fingerprint density at radius 2 is 1.70 bits per heavy atom. The van der Waals surface area contributed by atoms with Gasteiger partial charge in [-0.25, -0.2) is 0 Å². The van der Waals surface area contributed by atoms with Crippen LogP contribution in [-0.4, -0.2) is 26.8 Å². The number of fused-ring (bicyclic) bond motifs is 1. The Morgan fingerprint density at radius 3 is 2.52 bits per heavy atom. The molecule has 0 bridgehead atoms. The van der Waals surface area contributed by atoms with E-state index in [0.29, 0.717) is 11.1 Å². The number of amides is 1. The van der Waals surface area contributed by atoms with Gasteiger partial charge >= 0.3 is 0 Å². The number of aromatic amines is 1. The lowest BCUT2D eigenvalue weighted by Crippen LogP contribution is -2.28. The fraction of sp³-hybridized carbons (Fsp3) is 0.115. The van der Waals surface area contributed by atoms with Gasteiger partial charge < -0.3 is 14.7 Å². The Kier molecular flexibility index (Phi) is 5.95. The molecule has 0 aliphatic carbocycles. The molecular weight excluding hydrogens is 432 g/mol. The fourth-order valence-electron chi connectivity index (χ4n) is 3.71. The van der Waals surface area contributed by atoms with E-state index in [1.165, 1.54) is 17.3 Å². The number of thioether (sulfide) groups is 1. The van der Waals surface area contributed by atoms with Gasteiger partial charge in [0.25, 0.3) is 11.1 Å². The highest BCUT2D eigenvalue weighted by atomic mass is 32.2. The second kappa shape index (κ2) is 9.34. The first-order chi connectivity index (χ1) is 16.2. The molecule has 2 aromatic heterocycles. The second-order valence-electron chi connectivity index (χ2n) is 7.69. The molecule has 0 spiro atoms. The van der Waals surface area contributed by atoms with Crippen LogP contribution in [0.2, 0.25) is 0 Å². The van der Waals surface area contributed by atoms with Gasteiger partial charge in [-0.3, -0.25) is 4.79 Å². The number of H-pyrrole nitrogens is 1. The molecule has 5 rings (SSSR count). The number of carbonyl (C=O) groups excluding carboxylic acids is 1. The molecular formula is C26H22N4O2S. The number of para-hydroxylation sites is 1. The number of nitrogens with zero attached hydrogens (tertiary/aromatic N) is 2. The SMILES string of the molecule is CC(NC(=O)CSc1nnc(-c2c[nH]c3ccccc23)o1)c1ccc(-c2ccccc2)cc1. The van der Waals surface area contributed by atoms with Crippen LogP contribution < -0.4 is 5.32 Å². The quantitative estimate of drug-likeness (QED) is 0.301. The highest BCUT2D eigenvalue weighted by molar-refractivity contribution is 7.99. The van der Waals surface area contributed by atoms with E-state index < -0.39 is 0 Å². The summed E-state index contributed by atoms with van der Waals surface area (Å²) in [6, 6.07) is 26.3. The van der Waals surface area contributed by atoms with Crippen LogP contribution in [0.15, 0.2) is 94.7 Å². The Hall–Kier alpha value is -3.84. The predicted molar refractivity (Wildman–Crippen MR) is 131 cm³/mol. The van der Waals surface area contributed by atoms with Gasteiger partial charge in [-0.05, 0) is 29.7 Å². The monoisotopic (exact) mass is 454 g/mol. The average molecular weight is 455 g/mol. The van der Waals surface area contributed by atoms with Crippen molar-refractivity contribution in [3.8, 4) is 22.6 Å². The minimum absolute atomic E-state index is 0.0912. The lowest BCUT2D eigenvalue weighted by atomic mass is 10.0. The molecule has 33 heavy (non-hydrogen) atoms. The largest absolute Gasteiger partial charge is 0.411 e. The second-order valence-corrected chi connectivity index (χ2v) is 8.61. The predicted octanol–water partition coefficient (Wildman–Crippen LogP) is 5.85. The summed E-state index contributed by atoms with van der Waals surface area (Å²) < 4.78 is 5.77. The van der Waals surface area contributed by atoms with Crippen molar-refractivity contribution >= 4 is 28.6 Å². The summed E-state index contributed by atoms with van der Waals surface area (Å²) in [4.78, 5) is 15.7. The molecule has 164 valence electrons. The minimum Gasteiger partial charge on any atom is -0.411 e. The standard InChI is InChI=1S/C26H22N4O2S/c1-17(18-11-13-20(14-12-18)19-7-3-2-4-8-19)28-24(31)16-33-26-30-29-25(32-26)22-15-27-23-10-6-5-9-21(22)23/h2-15,17,27H,16H2,1H3,(H,28,31). The summed E-state index contributed by atoms with van der Waals surface area (Å²) in [6.45, 7) is 1.97. The van der Waals surface area contributed by atoms with Gasteiger partial charge in [0.05, 0.1) is 17.4 Å². The highest BCUT2D eigenvalue weighted by Gasteiger charge is 2.15. The normalized spacial score (nSPS) is 12.0. The Bertz CT molecular complexity index is 1380. The van der Waals surface area contributed by atoms with E-state index >= 15 is 0 Å². The van der Waals surface area contributed by atoms with E-state index in [9.17, 15) is 4.79 Å². The lowest BCUT2D eigenvalue weighted by molar-refractivity contribution is -0.119. The summed E-state index contributed by atoms with van der Waals surface area (Å²) in [5.41, 5.74) is 5.22. The number of nitrogens with one attached hydrogen (secondary N) is 2. The van der Waals surface area contributed by atoms with E-state index in [4.69, 9.17) is 4.42 Å². The molecule has 6 nitrogen and oxygen atoms in total. The van der Waals surface area contributed by atoms with Crippen molar-refractivity contribution in [3.05, 3.63) is 90.6 Å². The Balaban J connectivity index is 1.17. The zero-order chi connectivity index (χ0) is 22.6. The molecule has 0 radical (unpaired) electrons. The molecule has 2 N–H and O–H groups in total. The molecule has 1 atom stereocenters. The van der Waals surface area contributed by atoms with Crippen molar-refractivity contribution in [1.29, 1.82) is 0 Å². The lowest BCUT2D eigenvalue weighted by Gasteiger charge is -2.14. The maximum atomic E-state index is 12.5. The molecule has 2 heterocycles. The van der Waals surface area contributed by atoms with E-state index in [2.05, 4.69) is 44.8 Å². The van der Waals surface area contributed by atoms with Gasteiger partial charge in [0.2, 0.25) is 5.91 Å². The molecule has 0 aliphatic rings. The van der Waals surface area contributed by atoms with Crippen LogP contribution >= 0.6 is 11.8 Å². The van der Waals surface area contributed by atoms with Crippen molar-refractivity contribution in [2.45, 2.75) is 18.2 Å². The van der Waals surface area contributed by atoms with E-state index in [1.54, 1.807) is 0 Å². The summed E-state index contributed by atoms with van der Waals surface area (Å²) in [7, 11) is 0. The van der Waals surface area contributed by atoms with Crippen LogP contribution in [0, 0.1) is 0 Å². The molecule has 0 fully saturated rings. The number of aromatic nitrogens is 3. The maximum absolute atomic E-state index is 12.5. The van der Waals surface area contributed by atoms with Crippen LogP contribution in [0.5, 0.6) is 0 Å². The van der Waals surface area contributed by atoms with E-state index in [0.717, 1.165) is 27.6 Å². The van der Waals surface area contributed by atoms with Crippen molar-refractivity contribution < 1.29 is 9.21 Å². The van der Waals surface area contributed by atoms with Crippen LogP contribution in [0.25, 0.3) is 33.5 Å². The first-order valence-electron chi connectivity index (χ1n) is 10.6. The first kappa shape index (κ1) is 21.0. The Morgan fingerprint density at radius 1 is 0.970 bits per heavy atom. The summed E-state index contributed by atoms with van der Waals surface area (Å²) >= 11 is 1.23. The fourth-order valence-corrected chi connectivity index (χ4v) is 4.29. The van der Waals surface area contributed by atoms with Gasteiger partial charge in [0.15, 0.2) is 0 Å². The van der Waals surface area contributed by atoms with Gasteiger partial charge in [-0.2, -0.15) is 0 Å². The number of hydrogen-bond acceptors (Lipinski definition) is 5. The smallest absolute Gasteiger partial charge is 0.277 e. The number of hydrogen-bond donors (Lipinski definition) is 2. The van der Waals surface area contributed by atoms with Crippen LogP contribution in [0.3, 0.4) is 0 Å². The summed E-state index contributed by atoms with van der Waals surface area (Å²) in [5, 5.41) is 12.6. The van der Waals surface area contributed by atoms with Crippen LogP contribution in [-0.2, 0) is 4.79 Å². The van der Waals surface area contributed by atoms with E-state index in [1.807, 2.05) is 67.7 Å². The molecule has 5 aromatic rings. The van der Waals surface area contributed by atoms with Crippen molar-refractivity contribution in [1.82, 2.24) is 20.5 Å². The third kappa shape index (κ3) is 4.68. The molecule has 0 saturated carbocycles. The van der Waals surface area contributed by atoms with Crippen LogP contribution in [0.4, 0.5) is 0 Å². The number of rotatable bonds is 7. The van der Waals surface area contributed by atoms with Gasteiger partial charge in [0, 0.05) is 17.1 Å².